The zero-order chi connectivity index (χ0) is 23.2. The Balaban J connectivity index is 1.87. The summed E-state index contributed by atoms with van der Waals surface area (Å²) >= 11 is 0. The van der Waals surface area contributed by atoms with Crippen LogP contribution in [0.5, 0.6) is 0 Å². The monoisotopic (exact) mass is 444 g/mol. The molecule has 0 bridgehead atoms. The Morgan fingerprint density at radius 3 is 2.61 bits per heavy atom. The van der Waals surface area contributed by atoms with Gasteiger partial charge in [0, 0.05) is 24.7 Å². The van der Waals surface area contributed by atoms with Gasteiger partial charge in [0.1, 0.15) is 5.65 Å². The first-order valence-corrected chi connectivity index (χ1v) is 11.2. The number of aromatic nitrogens is 2. The number of nitrogens with two attached hydrogens (primary N) is 1. The van der Waals surface area contributed by atoms with Gasteiger partial charge in [-0.3, -0.25) is 14.0 Å². The lowest BCUT2D eigenvalue weighted by Crippen LogP contribution is -2.38. The predicted octanol–water partition coefficient (Wildman–Crippen LogP) is 3.82. The summed E-state index contributed by atoms with van der Waals surface area (Å²) in [6.07, 6.45) is 4.86. The van der Waals surface area contributed by atoms with E-state index in [1.54, 1.807) is 27.6 Å². The summed E-state index contributed by atoms with van der Waals surface area (Å²) in [6.45, 7) is 2.88. The molecule has 33 heavy (non-hydrogen) atoms. The Hall–Kier alpha value is -3.71. The van der Waals surface area contributed by atoms with Crippen LogP contribution in [0.3, 0.4) is 0 Å². The second-order valence-electron chi connectivity index (χ2n) is 7.91. The van der Waals surface area contributed by atoms with E-state index in [-0.39, 0.29) is 17.2 Å². The number of furan rings is 1. The molecule has 4 rings (SSSR count). The molecule has 0 aliphatic heterocycles. The molecule has 7 nitrogen and oxygen atoms in total. The first kappa shape index (κ1) is 22.5. The zero-order valence-corrected chi connectivity index (χ0v) is 18.7. The molecular weight excluding hydrogens is 416 g/mol. The van der Waals surface area contributed by atoms with Gasteiger partial charge in [-0.15, -0.1) is 0 Å². The zero-order valence-electron chi connectivity index (χ0n) is 18.7. The average Bonchev–Trinajstić information content (AvgIpc) is 3.39. The molecule has 3 aromatic heterocycles. The summed E-state index contributed by atoms with van der Waals surface area (Å²) < 4.78 is 6.96. The number of hydrogen-bond acceptors (Lipinski definition) is 5. The summed E-state index contributed by atoms with van der Waals surface area (Å²) in [5.41, 5.74) is 8.42. The Morgan fingerprint density at radius 2 is 1.91 bits per heavy atom. The van der Waals surface area contributed by atoms with Crippen molar-refractivity contribution in [3.8, 4) is 0 Å². The van der Waals surface area contributed by atoms with E-state index in [4.69, 9.17) is 15.1 Å². The van der Waals surface area contributed by atoms with E-state index >= 15 is 0 Å². The number of fused-ring (bicyclic) bond motifs is 1. The SMILES string of the molecule is CCC(c1nc2ccccn2c(=O)c1Cc1ccccc1)N(CCCN)C(=O)c1ccco1. The van der Waals surface area contributed by atoms with E-state index in [0.29, 0.717) is 49.3 Å². The summed E-state index contributed by atoms with van der Waals surface area (Å²) in [4.78, 5) is 33.6. The van der Waals surface area contributed by atoms with Crippen molar-refractivity contribution in [2.45, 2.75) is 32.2 Å². The van der Waals surface area contributed by atoms with Crippen molar-refractivity contribution in [1.29, 1.82) is 0 Å². The Bertz CT molecular complexity index is 1270. The van der Waals surface area contributed by atoms with Gasteiger partial charge in [-0.05, 0) is 49.2 Å². The third-order valence-corrected chi connectivity index (χ3v) is 5.76. The Labute approximate surface area is 192 Å². The number of amides is 1. The molecule has 7 heteroatoms. The standard InChI is InChI=1S/C26H28N4O3/c1-2-21(29(16-9-14-27)26(32)22-12-8-17-33-22)24-20(18-19-10-4-3-5-11-19)25(31)30-15-7-6-13-23(30)28-24/h3-8,10-13,15,17,21H,2,9,14,16,18,27H2,1H3. The molecule has 3 heterocycles. The molecule has 0 saturated heterocycles. The molecule has 0 radical (unpaired) electrons. The van der Waals surface area contributed by atoms with Gasteiger partial charge in [0.15, 0.2) is 5.76 Å². The number of rotatable bonds is 9. The van der Waals surface area contributed by atoms with Crippen molar-refractivity contribution in [1.82, 2.24) is 14.3 Å². The first-order chi connectivity index (χ1) is 16.1. The maximum Gasteiger partial charge on any atom is 0.290 e. The van der Waals surface area contributed by atoms with E-state index in [2.05, 4.69) is 0 Å². The van der Waals surface area contributed by atoms with Crippen molar-refractivity contribution in [3.05, 3.63) is 106 Å². The third kappa shape index (κ3) is 4.73. The van der Waals surface area contributed by atoms with Gasteiger partial charge in [-0.25, -0.2) is 4.98 Å². The highest BCUT2D eigenvalue weighted by atomic mass is 16.3. The van der Waals surface area contributed by atoms with Crippen LogP contribution in [-0.4, -0.2) is 33.3 Å². The highest BCUT2D eigenvalue weighted by Gasteiger charge is 2.30. The van der Waals surface area contributed by atoms with Gasteiger partial charge in [-0.2, -0.15) is 0 Å². The maximum absolute atomic E-state index is 13.6. The van der Waals surface area contributed by atoms with Crippen LogP contribution in [0.2, 0.25) is 0 Å². The molecule has 0 spiro atoms. The second kappa shape index (κ2) is 10.3. The fourth-order valence-corrected chi connectivity index (χ4v) is 4.15. The molecule has 1 unspecified atom stereocenters. The van der Waals surface area contributed by atoms with Gasteiger partial charge in [-0.1, -0.05) is 43.3 Å². The van der Waals surface area contributed by atoms with E-state index in [9.17, 15) is 9.59 Å². The smallest absolute Gasteiger partial charge is 0.290 e. The van der Waals surface area contributed by atoms with Crippen molar-refractivity contribution in [2.75, 3.05) is 13.1 Å². The van der Waals surface area contributed by atoms with Crippen LogP contribution < -0.4 is 11.3 Å². The summed E-state index contributed by atoms with van der Waals surface area (Å²) in [5.74, 6) is 0.0219. The molecule has 170 valence electrons. The molecule has 0 aliphatic rings. The number of benzene rings is 1. The number of carbonyl (C=O) groups excluding carboxylic acids is 1. The van der Waals surface area contributed by atoms with Crippen molar-refractivity contribution >= 4 is 11.6 Å². The lowest BCUT2D eigenvalue weighted by atomic mass is 9.98. The first-order valence-electron chi connectivity index (χ1n) is 11.2. The van der Waals surface area contributed by atoms with E-state index in [0.717, 1.165) is 5.56 Å². The topological polar surface area (TPSA) is 93.8 Å². The number of hydrogen-bond donors (Lipinski definition) is 1. The van der Waals surface area contributed by atoms with Crippen LogP contribution in [0.25, 0.3) is 5.65 Å². The molecule has 4 aromatic rings. The highest BCUT2D eigenvalue weighted by Crippen LogP contribution is 2.28. The third-order valence-electron chi connectivity index (χ3n) is 5.76. The fraction of sp³-hybridized carbons (Fsp3) is 0.269. The van der Waals surface area contributed by atoms with Crippen LogP contribution in [0.4, 0.5) is 0 Å². The summed E-state index contributed by atoms with van der Waals surface area (Å²) in [7, 11) is 0. The Kier molecular flexibility index (Phi) is 7.00. The van der Waals surface area contributed by atoms with Gasteiger partial charge in [0.25, 0.3) is 11.5 Å². The van der Waals surface area contributed by atoms with Gasteiger partial charge < -0.3 is 15.1 Å². The lowest BCUT2D eigenvalue weighted by Gasteiger charge is -2.31. The highest BCUT2D eigenvalue weighted by molar-refractivity contribution is 5.91. The van der Waals surface area contributed by atoms with Gasteiger partial charge in [0.05, 0.1) is 18.0 Å². The predicted molar refractivity (Wildman–Crippen MR) is 127 cm³/mol. The van der Waals surface area contributed by atoms with Gasteiger partial charge >= 0.3 is 0 Å². The number of carbonyl (C=O) groups is 1. The van der Waals surface area contributed by atoms with E-state index in [1.807, 2.05) is 55.5 Å². The minimum Gasteiger partial charge on any atom is -0.459 e. The molecular formula is C26H28N4O3. The number of nitrogens with zero attached hydrogens (tertiary/aromatic N) is 3. The number of pyridine rings is 1. The van der Waals surface area contributed by atoms with Crippen molar-refractivity contribution in [2.24, 2.45) is 5.73 Å². The molecule has 0 saturated carbocycles. The molecule has 2 N–H and O–H groups in total. The summed E-state index contributed by atoms with van der Waals surface area (Å²) in [6, 6.07) is 18.2. The maximum atomic E-state index is 13.6. The molecule has 0 fully saturated rings. The van der Waals surface area contributed by atoms with Gasteiger partial charge in [0.2, 0.25) is 0 Å². The largest absolute Gasteiger partial charge is 0.459 e. The van der Waals surface area contributed by atoms with Crippen molar-refractivity contribution < 1.29 is 9.21 Å². The second-order valence-corrected chi connectivity index (χ2v) is 7.91. The van der Waals surface area contributed by atoms with Crippen LogP contribution in [0.1, 0.15) is 53.2 Å². The molecule has 1 aromatic carbocycles. The van der Waals surface area contributed by atoms with Crippen LogP contribution in [-0.2, 0) is 6.42 Å². The van der Waals surface area contributed by atoms with Crippen LogP contribution in [0, 0.1) is 0 Å². The minimum atomic E-state index is -0.397. The fourth-order valence-electron chi connectivity index (χ4n) is 4.15. The van der Waals surface area contributed by atoms with Crippen molar-refractivity contribution in [3.63, 3.8) is 0 Å². The minimum absolute atomic E-state index is 0.123. The van der Waals surface area contributed by atoms with Crippen LogP contribution >= 0.6 is 0 Å². The summed E-state index contributed by atoms with van der Waals surface area (Å²) in [5, 5.41) is 0. The van der Waals surface area contributed by atoms with Crippen LogP contribution in [0.15, 0.2) is 82.3 Å². The Morgan fingerprint density at radius 1 is 1.12 bits per heavy atom. The van der Waals surface area contributed by atoms with E-state index in [1.165, 1.54) is 6.26 Å². The normalized spacial score (nSPS) is 12.1. The molecule has 0 aliphatic carbocycles. The quantitative estimate of drug-likeness (QED) is 0.424. The van der Waals surface area contributed by atoms with E-state index < -0.39 is 6.04 Å². The lowest BCUT2D eigenvalue weighted by molar-refractivity contribution is 0.0631. The molecule has 1 amide bonds. The average molecular weight is 445 g/mol. The molecule has 1 atom stereocenters.